The van der Waals surface area contributed by atoms with Crippen molar-refractivity contribution in [1.29, 1.82) is 5.26 Å². The van der Waals surface area contributed by atoms with Gasteiger partial charge < -0.3 is 0 Å². The number of Topliss-reactive ketones (excluding diaryl/α,β-unsaturated/α-hetero) is 1. The molecule has 0 spiro atoms. The Kier molecular flexibility index (Phi) is 3.94. The monoisotopic (exact) mass is 299 g/mol. The molecule has 0 radical (unpaired) electrons. The van der Waals surface area contributed by atoms with E-state index in [1.807, 2.05) is 43.3 Å². The van der Waals surface area contributed by atoms with Crippen LogP contribution in [0.15, 0.2) is 60.3 Å². The summed E-state index contributed by atoms with van der Waals surface area (Å²) in [6.45, 7) is 1.90. The number of nitriles is 1. The highest BCUT2D eigenvalue weighted by molar-refractivity contribution is 6.14. The van der Waals surface area contributed by atoms with E-state index in [1.165, 1.54) is 6.08 Å². The molecular weight excluding hydrogens is 286 g/mol. The molecule has 2 aromatic carbocycles. The number of hydrogen-bond donors (Lipinski definition) is 0. The van der Waals surface area contributed by atoms with Gasteiger partial charge in [0.25, 0.3) is 0 Å². The van der Waals surface area contributed by atoms with E-state index in [2.05, 4.69) is 9.97 Å². The number of fused-ring (bicyclic) bond motifs is 1. The van der Waals surface area contributed by atoms with Crippen LogP contribution in [0.1, 0.15) is 21.6 Å². The van der Waals surface area contributed by atoms with Gasteiger partial charge in [0.05, 0.1) is 22.9 Å². The predicted molar refractivity (Wildman–Crippen MR) is 88.6 cm³/mol. The van der Waals surface area contributed by atoms with E-state index in [-0.39, 0.29) is 11.4 Å². The Morgan fingerprint density at radius 3 is 2.65 bits per heavy atom. The van der Waals surface area contributed by atoms with Crippen molar-refractivity contribution in [2.45, 2.75) is 6.92 Å². The van der Waals surface area contributed by atoms with Crippen molar-refractivity contribution in [3.63, 3.8) is 0 Å². The molecule has 1 aromatic heterocycles. The largest absolute Gasteiger partial charge is 0.288 e. The van der Waals surface area contributed by atoms with Crippen molar-refractivity contribution < 1.29 is 4.79 Å². The van der Waals surface area contributed by atoms with Gasteiger partial charge in [-0.3, -0.25) is 9.78 Å². The summed E-state index contributed by atoms with van der Waals surface area (Å²) in [5.41, 5.74) is 3.49. The number of para-hydroxylation sites is 2. The topological polar surface area (TPSA) is 66.6 Å². The van der Waals surface area contributed by atoms with Crippen LogP contribution in [-0.2, 0) is 0 Å². The van der Waals surface area contributed by atoms with Gasteiger partial charge in [-0.15, -0.1) is 0 Å². The molecule has 3 rings (SSSR count). The highest BCUT2D eigenvalue weighted by Gasteiger charge is 2.12. The van der Waals surface area contributed by atoms with Crippen LogP contribution in [0.3, 0.4) is 0 Å². The van der Waals surface area contributed by atoms with Gasteiger partial charge in [0.1, 0.15) is 11.6 Å². The molecular formula is C19H13N3O. The highest BCUT2D eigenvalue weighted by atomic mass is 16.1. The average Bonchev–Trinajstić information content (AvgIpc) is 2.59. The molecule has 4 heteroatoms. The molecule has 4 nitrogen and oxygen atoms in total. The predicted octanol–water partition coefficient (Wildman–Crippen LogP) is 3.73. The molecule has 0 N–H and O–H groups in total. The average molecular weight is 299 g/mol. The first-order chi connectivity index (χ1) is 11.2. The van der Waals surface area contributed by atoms with Crippen LogP contribution in [0.25, 0.3) is 17.1 Å². The van der Waals surface area contributed by atoms with E-state index >= 15 is 0 Å². The lowest BCUT2D eigenvalue weighted by atomic mass is 10.0. The second kappa shape index (κ2) is 6.20. The maximum absolute atomic E-state index is 12.5. The second-order valence-corrected chi connectivity index (χ2v) is 5.15. The number of rotatable bonds is 3. The van der Waals surface area contributed by atoms with Crippen LogP contribution in [0.4, 0.5) is 0 Å². The van der Waals surface area contributed by atoms with E-state index in [1.54, 1.807) is 24.4 Å². The van der Waals surface area contributed by atoms with Crippen LogP contribution in [0.2, 0.25) is 0 Å². The Balaban J connectivity index is 2.00. The van der Waals surface area contributed by atoms with E-state index in [0.717, 1.165) is 16.6 Å². The third-order valence-electron chi connectivity index (χ3n) is 3.40. The number of carbonyl (C=O) groups is 1. The van der Waals surface area contributed by atoms with Crippen LogP contribution >= 0.6 is 0 Å². The van der Waals surface area contributed by atoms with Gasteiger partial charge in [-0.05, 0) is 31.2 Å². The van der Waals surface area contributed by atoms with Gasteiger partial charge in [0.15, 0.2) is 0 Å². The summed E-state index contributed by atoms with van der Waals surface area (Å²) < 4.78 is 0. The number of ketones is 1. The number of aryl methyl sites for hydroxylation is 1. The summed E-state index contributed by atoms with van der Waals surface area (Å²) in [6.07, 6.45) is 3.04. The van der Waals surface area contributed by atoms with E-state index in [9.17, 15) is 10.1 Å². The number of benzene rings is 2. The maximum atomic E-state index is 12.5. The molecule has 0 aliphatic heterocycles. The summed E-state index contributed by atoms with van der Waals surface area (Å²) >= 11 is 0. The lowest BCUT2D eigenvalue weighted by Crippen LogP contribution is -2.02. The van der Waals surface area contributed by atoms with Crippen molar-refractivity contribution in [1.82, 2.24) is 9.97 Å². The van der Waals surface area contributed by atoms with Gasteiger partial charge in [-0.25, -0.2) is 4.98 Å². The first-order valence-electron chi connectivity index (χ1n) is 7.12. The molecule has 0 saturated heterocycles. The Bertz CT molecular complexity index is 968. The van der Waals surface area contributed by atoms with Crippen LogP contribution in [0.5, 0.6) is 0 Å². The quantitative estimate of drug-likeness (QED) is 0.420. The zero-order chi connectivity index (χ0) is 16.2. The minimum atomic E-state index is -0.314. The maximum Gasteiger partial charge on any atom is 0.203 e. The molecule has 0 amide bonds. The molecule has 1 heterocycles. The number of carbonyl (C=O) groups excluding carboxylic acids is 1. The lowest BCUT2D eigenvalue weighted by Gasteiger charge is -2.02. The number of hydrogen-bond acceptors (Lipinski definition) is 4. The first kappa shape index (κ1) is 14.6. The molecule has 0 aliphatic rings. The minimum Gasteiger partial charge on any atom is -0.288 e. The molecule has 0 atom stereocenters. The van der Waals surface area contributed by atoms with Gasteiger partial charge >= 0.3 is 0 Å². The molecule has 0 fully saturated rings. The zero-order valence-electron chi connectivity index (χ0n) is 12.5. The summed E-state index contributed by atoms with van der Waals surface area (Å²) in [5.74, 6) is -0.314. The fourth-order valence-corrected chi connectivity index (χ4v) is 2.28. The minimum absolute atomic E-state index is 0.0418. The molecule has 3 aromatic rings. The Morgan fingerprint density at radius 1 is 1.13 bits per heavy atom. The Morgan fingerprint density at radius 2 is 1.91 bits per heavy atom. The third-order valence-corrected chi connectivity index (χ3v) is 3.40. The van der Waals surface area contributed by atoms with Crippen LogP contribution in [-0.4, -0.2) is 15.8 Å². The van der Waals surface area contributed by atoms with Crippen molar-refractivity contribution in [2.24, 2.45) is 0 Å². The molecule has 110 valence electrons. The van der Waals surface area contributed by atoms with Crippen LogP contribution < -0.4 is 0 Å². The summed E-state index contributed by atoms with van der Waals surface area (Å²) in [6, 6.07) is 16.6. The van der Waals surface area contributed by atoms with Crippen molar-refractivity contribution >= 4 is 22.9 Å². The zero-order valence-corrected chi connectivity index (χ0v) is 12.5. The SMILES string of the molecule is Cc1cccc(C(=O)/C(C#N)=C/c2cnc3ccccc3n2)c1. The number of aromatic nitrogens is 2. The van der Waals surface area contributed by atoms with Crippen molar-refractivity contribution in [3.8, 4) is 6.07 Å². The fraction of sp³-hybridized carbons (Fsp3) is 0.0526. The van der Waals surface area contributed by atoms with Crippen molar-refractivity contribution in [2.75, 3.05) is 0 Å². The van der Waals surface area contributed by atoms with Gasteiger partial charge in [0, 0.05) is 5.56 Å². The molecule has 0 unspecified atom stereocenters. The standard InChI is InChI=1S/C19H13N3O/c1-13-5-4-6-14(9-13)19(23)15(11-20)10-16-12-21-17-7-2-3-8-18(17)22-16/h2-10,12H,1H3/b15-10+. The van der Waals surface area contributed by atoms with Gasteiger partial charge in [0.2, 0.25) is 5.78 Å². The number of allylic oxidation sites excluding steroid dienone is 1. The molecule has 0 saturated carbocycles. The van der Waals surface area contributed by atoms with E-state index in [4.69, 9.17) is 0 Å². The summed E-state index contributed by atoms with van der Waals surface area (Å²) in [5, 5.41) is 9.31. The van der Waals surface area contributed by atoms with Crippen LogP contribution in [0, 0.1) is 18.3 Å². The van der Waals surface area contributed by atoms with E-state index < -0.39 is 0 Å². The molecule has 0 aliphatic carbocycles. The first-order valence-corrected chi connectivity index (χ1v) is 7.12. The Labute approximate surface area is 133 Å². The third kappa shape index (κ3) is 3.14. The highest BCUT2D eigenvalue weighted by Crippen LogP contribution is 2.14. The lowest BCUT2D eigenvalue weighted by molar-refractivity contribution is 0.104. The van der Waals surface area contributed by atoms with Gasteiger partial charge in [-0.1, -0.05) is 35.9 Å². The number of nitrogens with zero attached hydrogens (tertiary/aromatic N) is 3. The summed E-state index contributed by atoms with van der Waals surface area (Å²) in [4.78, 5) is 21.2. The molecule has 0 bridgehead atoms. The van der Waals surface area contributed by atoms with Crippen molar-refractivity contribution in [3.05, 3.63) is 77.1 Å². The molecule has 23 heavy (non-hydrogen) atoms. The summed E-state index contributed by atoms with van der Waals surface area (Å²) in [7, 11) is 0. The normalized spacial score (nSPS) is 11.2. The smallest absolute Gasteiger partial charge is 0.203 e. The second-order valence-electron chi connectivity index (χ2n) is 5.15. The van der Waals surface area contributed by atoms with E-state index in [0.29, 0.717) is 11.3 Å². The Hall–Kier alpha value is -3.32. The fourth-order valence-electron chi connectivity index (χ4n) is 2.28. The van der Waals surface area contributed by atoms with Gasteiger partial charge in [-0.2, -0.15) is 5.26 Å².